The summed E-state index contributed by atoms with van der Waals surface area (Å²) in [5.41, 5.74) is 3.74. The van der Waals surface area contributed by atoms with E-state index in [1.165, 1.54) is 6.92 Å². The van der Waals surface area contributed by atoms with Gasteiger partial charge in [0.15, 0.2) is 0 Å². The molecule has 0 radical (unpaired) electrons. The largest absolute Gasteiger partial charge is 0.326 e. The Labute approximate surface area is 163 Å². The lowest BCUT2D eigenvalue weighted by molar-refractivity contribution is -0.116. The van der Waals surface area contributed by atoms with Crippen LogP contribution in [0.15, 0.2) is 72.9 Å². The van der Waals surface area contributed by atoms with Crippen molar-refractivity contribution in [3.05, 3.63) is 89.7 Å². The molecule has 5 nitrogen and oxygen atoms in total. The van der Waals surface area contributed by atoms with E-state index >= 15 is 0 Å². The van der Waals surface area contributed by atoms with Gasteiger partial charge in [0.05, 0.1) is 6.42 Å². The number of hydrogen-bond donors (Lipinski definition) is 2. The van der Waals surface area contributed by atoms with Gasteiger partial charge in [-0.2, -0.15) is 0 Å². The molecule has 0 atom stereocenters. The Morgan fingerprint density at radius 3 is 2.43 bits per heavy atom. The summed E-state index contributed by atoms with van der Waals surface area (Å²) in [5, 5.41) is 5.58. The molecule has 2 aromatic carbocycles. The molecule has 0 aliphatic carbocycles. The van der Waals surface area contributed by atoms with Crippen LogP contribution in [0.25, 0.3) is 0 Å². The Morgan fingerprint density at radius 2 is 1.71 bits per heavy atom. The highest BCUT2D eigenvalue weighted by Crippen LogP contribution is 2.13. The van der Waals surface area contributed by atoms with E-state index in [1.54, 1.807) is 18.3 Å². The third kappa shape index (κ3) is 5.82. The number of aromatic nitrogens is 1. The molecule has 0 saturated carbocycles. The van der Waals surface area contributed by atoms with E-state index in [4.69, 9.17) is 0 Å². The number of nitrogens with zero attached hydrogens (tertiary/aromatic N) is 1. The van der Waals surface area contributed by atoms with Crippen LogP contribution in [0, 0.1) is 11.8 Å². The highest BCUT2D eigenvalue weighted by molar-refractivity contribution is 5.92. The zero-order chi connectivity index (χ0) is 19.8. The molecule has 5 heteroatoms. The van der Waals surface area contributed by atoms with E-state index in [1.807, 2.05) is 54.6 Å². The second-order valence-corrected chi connectivity index (χ2v) is 6.15. The van der Waals surface area contributed by atoms with Crippen molar-refractivity contribution in [2.24, 2.45) is 0 Å². The monoisotopic (exact) mass is 369 g/mol. The van der Waals surface area contributed by atoms with Gasteiger partial charge in [-0.05, 0) is 53.9 Å². The first kappa shape index (κ1) is 18.9. The lowest BCUT2D eigenvalue weighted by Gasteiger charge is -2.07. The predicted molar refractivity (Wildman–Crippen MR) is 110 cm³/mol. The Hall–Kier alpha value is -3.91. The lowest BCUT2D eigenvalue weighted by atomic mass is 10.1. The SMILES string of the molecule is CC(=O)Nc1ccc(CC(=O)Nc2cccc(C#Cc3ccccn3)c2)cc1. The maximum absolute atomic E-state index is 12.3. The highest BCUT2D eigenvalue weighted by atomic mass is 16.2. The van der Waals surface area contributed by atoms with Crippen LogP contribution in [-0.4, -0.2) is 16.8 Å². The molecule has 28 heavy (non-hydrogen) atoms. The normalized spacial score (nSPS) is 9.75. The topological polar surface area (TPSA) is 71.1 Å². The number of pyridine rings is 1. The van der Waals surface area contributed by atoms with Gasteiger partial charge in [-0.15, -0.1) is 0 Å². The fraction of sp³-hybridized carbons (Fsp3) is 0.0870. The number of carbonyl (C=O) groups is 2. The average molecular weight is 369 g/mol. The van der Waals surface area contributed by atoms with E-state index < -0.39 is 0 Å². The molecule has 0 saturated heterocycles. The van der Waals surface area contributed by atoms with Gasteiger partial charge in [0.2, 0.25) is 11.8 Å². The fourth-order valence-electron chi connectivity index (χ4n) is 2.55. The first-order valence-corrected chi connectivity index (χ1v) is 8.78. The van der Waals surface area contributed by atoms with E-state index in [-0.39, 0.29) is 18.2 Å². The van der Waals surface area contributed by atoms with E-state index in [9.17, 15) is 9.59 Å². The molecule has 0 spiro atoms. The quantitative estimate of drug-likeness (QED) is 0.690. The first-order valence-electron chi connectivity index (χ1n) is 8.78. The van der Waals surface area contributed by atoms with Crippen LogP contribution < -0.4 is 10.6 Å². The van der Waals surface area contributed by atoms with Crippen molar-refractivity contribution in [3.8, 4) is 11.8 Å². The molecule has 3 rings (SSSR count). The molecule has 0 fully saturated rings. The lowest BCUT2D eigenvalue weighted by Crippen LogP contribution is -2.14. The van der Waals surface area contributed by atoms with Gasteiger partial charge in [-0.25, -0.2) is 4.98 Å². The Kier molecular flexibility index (Phi) is 6.17. The third-order valence-electron chi connectivity index (χ3n) is 3.79. The zero-order valence-corrected chi connectivity index (χ0v) is 15.4. The van der Waals surface area contributed by atoms with Crippen molar-refractivity contribution < 1.29 is 9.59 Å². The van der Waals surface area contributed by atoms with Crippen LogP contribution in [0.1, 0.15) is 23.7 Å². The summed E-state index contributed by atoms with van der Waals surface area (Å²) < 4.78 is 0. The minimum atomic E-state index is -0.128. The van der Waals surface area contributed by atoms with Crippen molar-refractivity contribution in [1.29, 1.82) is 0 Å². The standard InChI is InChI=1S/C23H19N3O2/c1-17(27)25-21-12-9-19(10-13-21)16-23(28)26-22-7-4-5-18(15-22)8-11-20-6-2-3-14-24-20/h2-7,9-10,12-15H,16H2,1H3,(H,25,27)(H,26,28). The van der Waals surface area contributed by atoms with Gasteiger partial charge < -0.3 is 10.6 Å². The van der Waals surface area contributed by atoms with Gasteiger partial charge in [-0.1, -0.05) is 30.2 Å². The number of benzene rings is 2. The van der Waals surface area contributed by atoms with E-state index in [2.05, 4.69) is 27.5 Å². The number of nitrogens with one attached hydrogen (secondary N) is 2. The summed E-state index contributed by atoms with van der Waals surface area (Å²) in [6.07, 6.45) is 1.94. The molecule has 0 aliphatic rings. The molecule has 0 bridgehead atoms. The predicted octanol–water partition coefficient (Wildman–Crippen LogP) is 3.62. The van der Waals surface area contributed by atoms with Crippen LogP contribution in [0.4, 0.5) is 11.4 Å². The summed E-state index contributed by atoms with van der Waals surface area (Å²) in [6.45, 7) is 1.45. The number of rotatable bonds is 4. The maximum atomic E-state index is 12.3. The summed E-state index contributed by atoms with van der Waals surface area (Å²) in [6, 6.07) is 20.1. The molecule has 2 N–H and O–H groups in total. The molecule has 3 aromatic rings. The summed E-state index contributed by atoms with van der Waals surface area (Å²) in [7, 11) is 0. The molecule has 138 valence electrons. The fourth-order valence-corrected chi connectivity index (χ4v) is 2.55. The van der Waals surface area contributed by atoms with E-state index in [0.717, 1.165) is 11.1 Å². The molecular weight excluding hydrogens is 350 g/mol. The minimum Gasteiger partial charge on any atom is -0.326 e. The zero-order valence-electron chi connectivity index (χ0n) is 15.4. The summed E-state index contributed by atoms with van der Waals surface area (Å²) in [5.74, 6) is 5.79. The molecule has 0 aliphatic heterocycles. The number of hydrogen-bond acceptors (Lipinski definition) is 3. The second kappa shape index (κ2) is 9.15. The van der Waals surface area contributed by atoms with Crippen LogP contribution in [0.5, 0.6) is 0 Å². The average Bonchev–Trinajstić information content (AvgIpc) is 2.68. The van der Waals surface area contributed by atoms with Crippen LogP contribution in [0.3, 0.4) is 0 Å². The Balaban J connectivity index is 1.61. The summed E-state index contributed by atoms with van der Waals surface area (Å²) >= 11 is 0. The van der Waals surface area contributed by atoms with Crippen molar-refractivity contribution in [2.75, 3.05) is 10.6 Å². The second-order valence-electron chi connectivity index (χ2n) is 6.15. The Morgan fingerprint density at radius 1 is 0.893 bits per heavy atom. The highest BCUT2D eigenvalue weighted by Gasteiger charge is 2.05. The molecule has 2 amide bonds. The van der Waals surface area contributed by atoms with Crippen LogP contribution in [0.2, 0.25) is 0 Å². The molecule has 1 aromatic heterocycles. The summed E-state index contributed by atoms with van der Waals surface area (Å²) in [4.78, 5) is 27.5. The molecule has 0 unspecified atom stereocenters. The third-order valence-corrected chi connectivity index (χ3v) is 3.79. The Bertz CT molecular complexity index is 1030. The van der Waals surface area contributed by atoms with E-state index in [0.29, 0.717) is 17.1 Å². The van der Waals surface area contributed by atoms with Gasteiger partial charge in [0.25, 0.3) is 0 Å². The number of carbonyl (C=O) groups excluding carboxylic acids is 2. The first-order chi connectivity index (χ1) is 13.6. The van der Waals surface area contributed by atoms with Gasteiger partial charge >= 0.3 is 0 Å². The van der Waals surface area contributed by atoms with Crippen molar-refractivity contribution in [2.45, 2.75) is 13.3 Å². The molecule has 1 heterocycles. The minimum absolute atomic E-state index is 0.123. The van der Waals surface area contributed by atoms with Crippen LogP contribution in [-0.2, 0) is 16.0 Å². The van der Waals surface area contributed by atoms with Gasteiger partial charge in [-0.3, -0.25) is 9.59 Å². The molecular formula is C23H19N3O2. The maximum Gasteiger partial charge on any atom is 0.228 e. The smallest absolute Gasteiger partial charge is 0.228 e. The van der Waals surface area contributed by atoms with Crippen molar-refractivity contribution in [1.82, 2.24) is 4.98 Å². The number of amides is 2. The van der Waals surface area contributed by atoms with Crippen molar-refractivity contribution >= 4 is 23.2 Å². The van der Waals surface area contributed by atoms with Gasteiger partial charge in [0, 0.05) is 30.1 Å². The van der Waals surface area contributed by atoms with Gasteiger partial charge in [0.1, 0.15) is 5.69 Å². The van der Waals surface area contributed by atoms with Crippen molar-refractivity contribution in [3.63, 3.8) is 0 Å². The number of anilines is 2. The van der Waals surface area contributed by atoms with Crippen LogP contribution >= 0.6 is 0 Å².